The summed E-state index contributed by atoms with van der Waals surface area (Å²) in [6, 6.07) is 14.5. The summed E-state index contributed by atoms with van der Waals surface area (Å²) < 4.78 is 13.0. The second-order valence-electron chi connectivity index (χ2n) is 4.53. The Morgan fingerprint density at radius 1 is 0.947 bits per heavy atom. The van der Waals surface area contributed by atoms with Crippen LogP contribution < -0.4 is 5.32 Å². The van der Waals surface area contributed by atoms with E-state index in [1.165, 1.54) is 11.6 Å². The summed E-state index contributed by atoms with van der Waals surface area (Å²) in [5.74, 6) is -0.183. The summed E-state index contributed by atoms with van der Waals surface area (Å²) in [6.45, 7) is 1.67. The lowest BCUT2D eigenvalue weighted by molar-refractivity contribution is 0.282. The molecule has 0 bridgehead atoms. The minimum absolute atomic E-state index is 0.0767. The first-order valence-corrected chi connectivity index (χ1v) is 6.42. The molecule has 2 aromatic carbocycles. The molecule has 2 nitrogen and oxygen atoms in total. The van der Waals surface area contributed by atoms with Gasteiger partial charge in [0.15, 0.2) is 0 Å². The molecule has 0 unspecified atom stereocenters. The molecule has 0 saturated carbocycles. The largest absolute Gasteiger partial charge is 0.392 e. The van der Waals surface area contributed by atoms with E-state index in [-0.39, 0.29) is 12.4 Å². The van der Waals surface area contributed by atoms with Crippen molar-refractivity contribution in [3.8, 4) is 0 Å². The topological polar surface area (TPSA) is 32.3 Å². The van der Waals surface area contributed by atoms with Crippen molar-refractivity contribution in [3.63, 3.8) is 0 Å². The van der Waals surface area contributed by atoms with Crippen LogP contribution in [0.2, 0.25) is 0 Å². The number of hydrogen-bond donors (Lipinski definition) is 2. The number of hydrogen-bond acceptors (Lipinski definition) is 2. The molecule has 0 aliphatic carbocycles. The van der Waals surface area contributed by atoms with Crippen molar-refractivity contribution in [2.75, 3.05) is 6.54 Å². The molecule has 0 atom stereocenters. The van der Waals surface area contributed by atoms with Crippen molar-refractivity contribution < 1.29 is 9.50 Å². The summed E-state index contributed by atoms with van der Waals surface area (Å²) in [5.41, 5.74) is 3.10. The van der Waals surface area contributed by atoms with Gasteiger partial charge >= 0.3 is 0 Å². The molecule has 2 rings (SSSR count). The normalized spacial score (nSPS) is 10.6. The van der Waals surface area contributed by atoms with E-state index in [1.807, 2.05) is 30.3 Å². The maximum absolute atomic E-state index is 13.0. The molecule has 0 aliphatic heterocycles. The van der Waals surface area contributed by atoms with E-state index < -0.39 is 0 Å². The number of halogens is 1. The quantitative estimate of drug-likeness (QED) is 0.782. The molecule has 19 heavy (non-hydrogen) atoms. The van der Waals surface area contributed by atoms with Crippen molar-refractivity contribution in [1.29, 1.82) is 0 Å². The Morgan fingerprint density at radius 2 is 1.68 bits per heavy atom. The van der Waals surface area contributed by atoms with Gasteiger partial charge < -0.3 is 10.4 Å². The summed E-state index contributed by atoms with van der Waals surface area (Å²) in [4.78, 5) is 0. The van der Waals surface area contributed by atoms with Gasteiger partial charge in [0.25, 0.3) is 0 Å². The van der Waals surface area contributed by atoms with Crippen LogP contribution >= 0.6 is 0 Å². The van der Waals surface area contributed by atoms with E-state index in [0.29, 0.717) is 0 Å². The highest BCUT2D eigenvalue weighted by atomic mass is 19.1. The van der Waals surface area contributed by atoms with Gasteiger partial charge in [-0.1, -0.05) is 36.4 Å². The van der Waals surface area contributed by atoms with Crippen LogP contribution in [-0.2, 0) is 19.6 Å². The minimum Gasteiger partial charge on any atom is -0.392 e. The Kier molecular flexibility index (Phi) is 5.07. The van der Waals surface area contributed by atoms with Crippen LogP contribution in [0.5, 0.6) is 0 Å². The van der Waals surface area contributed by atoms with Crippen LogP contribution in [0.1, 0.15) is 16.7 Å². The molecule has 3 heteroatoms. The lowest BCUT2D eigenvalue weighted by Gasteiger charge is -2.06. The Bertz CT molecular complexity index is 510. The van der Waals surface area contributed by atoms with E-state index in [0.717, 1.165) is 30.6 Å². The molecule has 2 aromatic rings. The third-order valence-corrected chi connectivity index (χ3v) is 3.01. The molecule has 0 aliphatic rings. The maximum Gasteiger partial charge on any atom is 0.123 e. The fourth-order valence-electron chi connectivity index (χ4n) is 1.92. The Labute approximate surface area is 112 Å². The predicted molar refractivity (Wildman–Crippen MR) is 74.2 cm³/mol. The Balaban J connectivity index is 1.74. The van der Waals surface area contributed by atoms with Gasteiger partial charge in [-0.05, 0) is 41.8 Å². The van der Waals surface area contributed by atoms with E-state index in [9.17, 15) is 4.39 Å². The van der Waals surface area contributed by atoms with Crippen LogP contribution in [0.15, 0.2) is 48.5 Å². The van der Waals surface area contributed by atoms with Gasteiger partial charge in [-0.15, -0.1) is 0 Å². The molecule has 0 aromatic heterocycles. The number of nitrogens with one attached hydrogen (secondary N) is 1. The minimum atomic E-state index is -0.183. The molecule has 2 N–H and O–H groups in total. The lowest BCUT2D eigenvalue weighted by Crippen LogP contribution is -2.16. The summed E-state index contributed by atoms with van der Waals surface area (Å²) in [7, 11) is 0. The SMILES string of the molecule is OCc1ccc(CNCCc2cccc(F)c2)cc1. The van der Waals surface area contributed by atoms with Gasteiger partial charge in [-0.3, -0.25) is 0 Å². The third-order valence-electron chi connectivity index (χ3n) is 3.01. The van der Waals surface area contributed by atoms with Gasteiger partial charge in [0.2, 0.25) is 0 Å². The fourth-order valence-corrected chi connectivity index (χ4v) is 1.92. The van der Waals surface area contributed by atoms with E-state index >= 15 is 0 Å². The average molecular weight is 259 g/mol. The number of aliphatic hydroxyl groups excluding tert-OH is 1. The number of benzene rings is 2. The first-order valence-electron chi connectivity index (χ1n) is 6.42. The van der Waals surface area contributed by atoms with Crippen LogP contribution in [0.4, 0.5) is 4.39 Å². The highest BCUT2D eigenvalue weighted by molar-refractivity contribution is 5.22. The van der Waals surface area contributed by atoms with E-state index in [4.69, 9.17) is 5.11 Å². The van der Waals surface area contributed by atoms with Crippen LogP contribution in [0.25, 0.3) is 0 Å². The van der Waals surface area contributed by atoms with Gasteiger partial charge in [0.1, 0.15) is 5.82 Å². The summed E-state index contributed by atoms with van der Waals surface area (Å²) in [5, 5.41) is 12.3. The summed E-state index contributed by atoms with van der Waals surface area (Å²) in [6.07, 6.45) is 0.812. The van der Waals surface area contributed by atoms with Gasteiger partial charge in [0, 0.05) is 6.54 Å². The molecule has 0 amide bonds. The second kappa shape index (κ2) is 7.02. The van der Waals surface area contributed by atoms with Gasteiger partial charge in [-0.2, -0.15) is 0 Å². The molecule has 0 radical (unpaired) electrons. The Morgan fingerprint density at radius 3 is 2.37 bits per heavy atom. The first-order chi connectivity index (χ1) is 9.28. The zero-order chi connectivity index (χ0) is 13.5. The average Bonchev–Trinajstić information content (AvgIpc) is 2.44. The zero-order valence-electron chi connectivity index (χ0n) is 10.8. The van der Waals surface area contributed by atoms with E-state index in [1.54, 1.807) is 12.1 Å². The van der Waals surface area contributed by atoms with Crippen LogP contribution in [0.3, 0.4) is 0 Å². The number of aliphatic hydroxyl groups is 1. The third kappa shape index (κ3) is 4.47. The molecular weight excluding hydrogens is 241 g/mol. The molecule has 0 heterocycles. The zero-order valence-corrected chi connectivity index (χ0v) is 10.8. The highest BCUT2D eigenvalue weighted by Gasteiger charge is 1.97. The van der Waals surface area contributed by atoms with Crippen molar-refractivity contribution in [1.82, 2.24) is 5.32 Å². The van der Waals surface area contributed by atoms with Crippen LogP contribution in [0, 0.1) is 5.82 Å². The van der Waals surface area contributed by atoms with Gasteiger partial charge in [-0.25, -0.2) is 4.39 Å². The molecular formula is C16H18FNO. The Hall–Kier alpha value is -1.71. The van der Waals surface area contributed by atoms with Crippen molar-refractivity contribution >= 4 is 0 Å². The van der Waals surface area contributed by atoms with Crippen molar-refractivity contribution in [3.05, 3.63) is 71.0 Å². The standard InChI is InChI=1S/C16H18FNO/c17-16-3-1-2-13(10-16)8-9-18-11-14-4-6-15(12-19)7-5-14/h1-7,10,18-19H,8-9,11-12H2. The molecule has 0 saturated heterocycles. The monoisotopic (exact) mass is 259 g/mol. The lowest BCUT2D eigenvalue weighted by atomic mass is 10.1. The van der Waals surface area contributed by atoms with Crippen molar-refractivity contribution in [2.45, 2.75) is 19.6 Å². The predicted octanol–water partition coefficient (Wildman–Crippen LogP) is 2.65. The first kappa shape index (κ1) is 13.7. The van der Waals surface area contributed by atoms with Crippen molar-refractivity contribution in [2.24, 2.45) is 0 Å². The summed E-state index contributed by atoms with van der Waals surface area (Å²) >= 11 is 0. The molecule has 0 fully saturated rings. The maximum atomic E-state index is 13.0. The molecule has 100 valence electrons. The van der Waals surface area contributed by atoms with E-state index in [2.05, 4.69) is 5.32 Å². The highest BCUT2D eigenvalue weighted by Crippen LogP contribution is 2.05. The smallest absolute Gasteiger partial charge is 0.123 e. The van der Waals surface area contributed by atoms with Crippen LogP contribution in [-0.4, -0.2) is 11.7 Å². The number of rotatable bonds is 6. The molecule has 0 spiro atoms. The second-order valence-corrected chi connectivity index (χ2v) is 4.53. The fraction of sp³-hybridized carbons (Fsp3) is 0.250. The van der Waals surface area contributed by atoms with Gasteiger partial charge in [0.05, 0.1) is 6.61 Å².